The maximum absolute atomic E-state index is 10.8. The van der Waals surface area contributed by atoms with Crippen LogP contribution in [-0.2, 0) is 0 Å². The number of carboxylic acids is 1. The van der Waals surface area contributed by atoms with Gasteiger partial charge in [0.05, 0.1) is 11.3 Å². The molecule has 0 amide bonds. The van der Waals surface area contributed by atoms with Crippen LogP contribution in [0.4, 0.5) is 11.5 Å². The number of aromatic carboxylic acids is 1. The zero-order valence-corrected chi connectivity index (χ0v) is 10.0. The first-order chi connectivity index (χ1) is 8.61. The number of carbonyl (C=O) groups is 1. The van der Waals surface area contributed by atoms with Gasteiger partial charge in [0.1, 0.15) is 0 Å². The van der Waals surface area contributed by atoms with E-state index < -0.39 is 5.97 Å². The third-order valence-corrected chi connectivity index (χ3v) is 3.26. The SMILES string of the molecule is Nc1cc(C(=O)O)cnc1N1CCC(CCO)C1. The first-order valence-electron chi connectivity index (χ1n) is 5.96. The first kappa shape index (κ1) is 12.6. The highest BCUT2D eigenvalue weighted by Gasteiger charge is 2.24. The van der Waals surface area contributed by atoms with Gasteiger partial charge in [-0.1, -0.05) is 0 Å². The molecule has 6 heteroatoms. The Morgan fingerprint density at radius 1 is 1.61 bits per heavy atom. The third kappa shape index (κ3) is 2.53. The van der Waals surface area contributed by atoms with Gasteiger partial charge in [0.15, 0.2) is 5.82 Å². The van der Waals surface area contributed by atoms with Crippen molar-refractivity contribution in [1.82, 2.24) is 4.98 Å². The van der Waals surface area contributed by atoms with Crippen LogP contribution in [0.15, 0.2) is 12.3 Å². The van der Waals surface area contributed by atoms with Gasteiger partial charge in [-0.05, 0) is 24.8 Å². The van der Waals surface area contributed by atoms with Crippen LogP contribution in [0.3, 0.4) is 0 Å². The molecule has 1 aromatic heterocycles. The predicted octanol–water partition coefficient (Wildman–Crippen LogP) is 0.571. The van der Waals surface area contributed by atoms with Crippen molar-refractivity contribution in [3.05, 3.63) is 17.8 Å². The smallest absolute Gasteiger partial charge is 0.337 e. The second-order valence-electron chi connectivity index (χ2n) is 4.55. The van der Waals surface area contributed by atoms with Gasteiger partial charge in [-0.15, -0.1) is 0 Å². The standard InChI is InChI=1S/C12H17N3O3/c13-10-5-9(12(17)18)6-14-11(10)15-3-1-8(7-15)2-4-16/h5-6,8,16H,1-4,7,13H2,(H,17,18). The van der Waals surface area contributed by atoms with Crippen molar-refractivity contribution < 1.29 is 15.0 Å². The molecule has 0 aliphatic carbocycles. The Morgan fingerprint density at radius 3 is 3.00 bits per heavy atom. The molecule has 1 fully saturated rings. The van der Waals surface area contributed by atoms with Gasteiger partial charge in [-0.2, -0.15) is 0 Å². The molecule has 1 atom stereocenters. The first-order valence-corrected chi connectivity index (χ1v) is 5.96. The Morgan fingerprint density at radius 2 is 2.39 bits per heavy atom. The monoisotopic (exact) mass is 251 g/mol. The molecule has 0 aromatic carbocycles. The fraction of sp³-hybridized carbons (Fsp3) is 0.500. The summed E-state index contributed by atoms with van der Waals surface area (Å²) >= 11 is 0. The minimum Gasteiger partial charge on any atom is -0.478 e. The maximum atomic E-state index is 10.8. The number of nitrogens with zero attached hydrogens (tertiary/aromatic N) is 2. The average molecular weight is 251 g/mol. The van der Waals surface area contributed by atoms with Gasteiger partial charge >= 0.3 is 5.97 Å². The van der Waals surface area contributed by atoms with Gasteiger partial charge in [-0.25, -0.2) is 9.78 Å². The summed E-state index contributed by atoms with van der Waals surface area (Å²) in [5.74, 6) is 0.0659. The zero-order valence-electron chi connectivity index (χ0n) is 10.0. The minimum atomic E-state index is -1.03. The van der Waals surface area contributed by atoms with Gasteiger partial charge in [-0.3, -0.25) is 0 Å². The highest BCUT2D eigenvalue weighted by Crippen LogP contribution is 2.28. The second-order valence-corrected chi connectivity index (χ2v) is 4.55. The molecule has 1 aromatic rings. The number of carboxylic acid groups (broad SMARTS) is 1. The van der Waals surface area contributed by atoms with E-state index in [9.17, 15) is 4.79 Å². The van der Waals surface area contributed by atoms with Crippen LogP contribution in [-0.4, -0.2) is 40.9 Å². The number of anilines is 2. The van der Waals surface area contributed by atoms with Crippen LogP contribution in [0.25, 0.3) is 0 Å². The summed E-state index contributed by atoms with van der Waals surface area (Å²) in [6.07, 6.45) is 3.11. The average Bonchev–Trinajstić information content (AvgIpc) is 2.77. The lowest BCUT2D eigenvalue weighted by Gasteiger charge is -2.19. The molecule has 4 N–H and O–H groups in total. The molecule has 1 aliphatic rings. The van der Waals surface area contributed by atoms with Crippen LogP contribution in [0, 0.1) is 5.92 Å². The van der Waals surface area contributed by atoms with E-state index in [0.717, 1.165) is 25.9 Å². The number of hydrogen-bond donors (Lipinski definition) is 3. The Kier molecular flexibility index (Phi) is 3.66. The summed E-state index contributed by atoms with van der Waals surface area (Å²) in [5, 5.41) is 17.8. The van der Waals surface area contributed by atoms with Crippen molar-refractivity contribution in [1.29, 1.82) is 0 Å². The van der Waals surface area contributed by atoms with Gasteiger partial charge in [0, 0.05) is 25.9 Å². The molecule has 2 heterocycles. The van der Waals surface area contributed by atoms with Crippen molar-refractivity contribution in [2.24, 2.45) is 5.92 Å². The Hall–Kier alpha value is -1.82. The fourth-order valence-electron chi connectivity index (χ4n) is 2.30. The second kappa shape index (κ2) is 5.22. The van der Waals surface area contributed by atoms with Crippen molar-refractivity contribution in [3.8, 4) is 0 Å². The lowest BCUT2D eigenvalue weighted by molar-refractivity contribution is 0.0696. The molecule has 1 aliphatic heterocycles. The minimum absolute atomic E-state index is 0.0994. The number of nitrogens with two attached hydrogens (primary N) is 1. The Labute approximate surface area is 105 Å². The number of nitrogen functional groups attached to an aromatic ring is 1. The molecule has 1 saturated heterocycles. The van der Waals surface area contributed by atoms with E-state index in [-0.39, 0.29) is 12.2 Å². The van der Waals surface area contributed by atoms with Crippen LogP contribution >= 0.6 is 0 Å². The van der Waals surface area contributed by atoms with Crippen molar-refractivity contribution in [3.63, 3.8) is 0 Å². The number of aromatic nitrogens is 1. The Balaban J connectivity index is 2.12. The normalized spacial score (nSPS) is 19.2. The molecule has 98 valence electrons. The molecule has 6 nitrogen and oxygen atoms in total. The highest BCUT2D eigenvalue weighted by atomic mass is 16.4. The number of pyridine rings is 1. The van der Waals surface area contributed by atoms with Crippen LogP contribution in [0.2, 0.25) is 0 Å². The lowest BCUT2D eigenvalue weighted by Crippen LogP contribution is -2.22. The quantitative estimate of drug-likeness (QED) is 0.723. The van der Waals surface area contributed by atoms with Gasteiger partial charge < -0.3 is 20.8 Å². The van der Waals surface area contributed by atoms with E-state index in [2.05, 4.69) is 4.98 Å². The zero-order chi connectivity index (χ0) is 13.1. The molecular weight excluding hydrogens is 234 g/mol. The number of rotatable bonds is 4. The largest absolute Gasteiger partial charge is 0.478 e. The summed E-state index contributed by atoms with van der Waals surface area (Å²) in [6, 6.07) is 1.43. The van der Waals surface area contributed by atoms with E-state index in [1.165, 1.54) is 12.3 Å². The van der Waals surface area contributed by atoms with Crippen LogP contribution < -0.4 is 10.6 Å². The number of aliphatic hydroxyl groups excluding tert-OH is 1. The predicted molar refractivity (Wildman–Crippen MR) is 67.6 cm³/mol. The number of hydrogen-bond acceptors (Lipinski definition) is 5. The summed E-state index contributed by atoms with van der Waals surface area (Å²) in [7, 11) is 0. The molecular formula is C12H17N3O3. The summed E-state index contributed by atoms with van der Waals surface area (Å²) < 4.78 is 0. The molecule has 0 saturated carbocycles. The number of aliphatic hydroxyl groups is 1. The third-order valence-electron chi connectivity index (χ3n) is 3.26. The van der Waals surface area contributed by atoms with Gasteiger partial charge in [0.2, 0.25) is 0 Å². The summed E-state index contributed by atoms with van der Waals surface area (Å²) in [4.78, 5) is 17.0. The molecule has 1 unspecified atom stereocenters. The van der Waals surface area contributed by atoms with E-state index in [1.54, 1.807) is 0 Å². The molecule has 0 radical (unpaired) electrons. The molecule has 0 spiro atoms. The van der Waals surface area contributed by atoms with E-state index in [4.69, 9.17) is 15.9 Å². The maximum Gasteiger partial charge on any atom is 0.337 e. The van der Waals surface area contributed by atoms with E-state index in [0.29, 0.717) is 17.4 Å². The van der Waals surface area contributed by atoms with Crippen molar-refractivity contribution >= 4 is 17.5 Å². The highest BCUT2D eigenvalue weighted by molar-refractivity contribution is 5.89. The summed E-state index contributed by atoms with van der Waals surface area (Å²) in [5.41, 5.74) is 6.33. The van der Waals surface area contributed by atoms with Crippen LogP contribution in [0.1, 0.15) is 23.2 Å². The molecule has 18 heavy (non-hydrogen) atoms. The lowest BCUT2D eigenvalue weighted by atomic mass is 10.1. The van der Waals surface area contributed by atoms with E-state index >= 15 is 0 Å². The van der Waals surface area contributed by atoms with Crippen molar-refractivity contribution in [2.45, 2.75) is 12.8 Å². The van der Waals surface area contributed by atoms with Crippen molar-refractivity contribution in [2.75, 3.05) is 30.3 Å². The van der Waals surface area contributed by atoms with Gasteiger partial charge in [0.25, 0.3) is 0 Å². The molecule has 2 rings (SSSR count). The molecule has 0 bridgehead atoms. The van der Waals surface area contributed by atoms with E-state index in [1.807, 2.05) is 4.90 Å². The summed E-state index contributed by atoms with van der Waals surface area (Å²) in [6.45, 7) is 1.85. The Bertz CT molecular complexity index is 450. The topological polar surface area (TPSA) is 99.7 Å². The van der Waals surface area contributed by atoms with Crippen LogP contribution in [0.5, 0.6) is 0 Å². The fourth-order valence-corrected chi connectivity index (χ4v) is 2.30.